The van der Waals surface area contributed by atoms with Crippen LogP contribution in [0.4, 0.5) is 21.6 Å². The van der Waals surface area contributed by atoms with Gasteiger partial charge in [0.2, 0.25) is 0 Å². The highest BCUT2D eigenvalue weighted by Gasteiger charge is 2.24. The highest BCUT2D eigenvalue weighted by molar-refractivity contribution is 6.11. The van der Waals surface area contributed by atoms with Crippen LogP contribution < -0.4 is 15.5 Å². The molecular weight excluding hydrogens is 507 g/mol. The average Bonchev–Trinajstić information content (AvgIpc) is 3.30. The molecule has 0 radical (unpaired) electrons. The topological polar surface area (TPSA) is 85.5 Å². The third-order valence-electron chi connectivity index (χ3n) is 7.25. The number of likely N-dealkylation sites (N-methyl/N-ethyl adjacent to an activating group) is 1. The molecule has 0 unspecified atom stereocenters. The summed E-state index contributed by atoms with van der Waals surface area (Å²) >= 11 is 0. The molecule has 0 aliphatic carbocycles. The van der Waals surface area contributed by atoms with Gasteiger partial charge in [-0.1, -0.05) is 18.2 Å². The number of carbonyl (C=O) groups is 1. The smallest absolute Gasteiger partial charge is 0.258 e. The Hall–Kier alpha value is -3.95. The van der Waals surface area contributed by atoms with E-state index in [4.69, 9.17) is 4.74 Å². The Bertz CT molecular complexity index is 1490. The number of hydrogen-bond acceptors (Lipinski definition) is 6. The second-order valence-corrected chi connectivity index (χ2v) is 11.2. The van der Waals surface area contributed by atoms with E-state index < -0.39 is 5.54 Å². The maximum atomic E-state index is 13.7. The van der Waals surface area contributed by atoms with Crippen molar-refractivity contribution in [3.63, 3.8) is 0 Å². The molecule has 1 fully saturated rings. The summed E-state index contributed by atoms with van der Waals surface area (Å²) in [7, 11) is 3.80. The van der Waals surface area contributed by atoms with Gasteiger partial charge in [0, 0.05) is 50.0 Å². The van der Waals surface area contributed by atoms with Crippen LogP contribution in [0.15, 0.2) is 60.7 Å². The van der Waals surface area contributed by atoms with E-state index in [9.17, 15) is 9.18 Å². The lowest BCUT2D eigenvalue weighted by Crippen LogP contribution is -2.44. The third kappa shape index (κ3) is 6.43. The Morgan fingerprint density at radius 2 is 1.82 bits per heavy atom. The summed E-state index contributed by atoms with van der Waals surface area (Å²) in [6, 6.07) is 18.4. The molecule has 9 heteroatoms. The molecule has 8 nitrogen and oxygen atoms in total. The molecule has 1 aliphatic rings. The fourth-order valence-electron chi connectivity index (χ4n) is 5.18. The molecular formula is C31H37FN6O2. The van der Waals surface area contributed by atoms with E-state index in [-0.39, 0.29) is 11.7 Å². The number of rotatable bonds is 9. The zero-order valence-electron chi connectivity index (χ0n) is 23.6. The zero-order valence-corrected chi connectivity index (χ0v) is 23.6. The number of benzene rings is 3. The predicted octanol–water partition coefficient (Wildman–Crippen LogP) is 5.13. The van der Waals surface area contributed by atoms with E-state index >= 15 is 0 Å². The van der Waals surface area contributed by atoms with Crippen LogP contribution in [0.5, 0.6) is 0 Å². The van der Waals surface area contributed by atoms with Gasteiger partial charge in [0.05, 0.1) is 23.2 Å². The fraction of sp³-hybridized carbons (Fsp3) is 0.355. The van der Waals surface area contributed by atoms with Gasteiger partial charge in [-0.15, -0.1) is 0 Å². The number of carbonyl (C=O) groups excluding carboxylic acids is 1. The predicted molar refractivity (Wildman–Crippen MR) is 159 cm³/mol. The van der Waals surface area contributed by atoms with E-state index in [0.29, 0.717) is 24.4 Å². The molecule has 1 saturated heterocycles. The van der Waals surface area contributed by atoms with E-state index in [1.807, 2.05) is 50.2 Å². The van der Waals surface area contributed by atoms with Crippen molar-refractivity contribution in [1.29, 1.82) is 0 Å². The van der Waals surface area contributed by atoms with Gasteiger partial charge in [0.15, 0.2) is 5.82 Å². The number of ether oxygens (including phenoxy) is 1. The van der Waals surface area contributed by atoms with Crippen molar-refractivity contribution in [3.8, 4) is 0 Å². The quantitative estimate of drug-likeness (QED) is 0.271. The Labute approximate surface area is 234 Å². The molecule has 0 bridgehead atoms. The van der Waals surface area contributed by atoms with Gasteiger partial charge < -0.3 is 25.2 Å². The number of anilines is 3. The summed E-state index contributed by atoms with van der Waals surface area (Å²) in [5.74, 6) is -0.0671. The van der Waals surface area contributed by atoms with Crippen molar-refractivity contribution >= 4 is 34.0 Å². The Balaban J connectivity index is 1.41. The number of piperazine rings is 1. The van der Waals surface area contributed by atoms with Gasteiger partial charge in [0.1, 0.15) is 5.82 Å². The Morgan fingerprint density at radius 3 is 2.58 bits per heavy atom. The molecule has 3 aromatic carbocycles. The van der Waals surface area contributed by atoms with Crippen molar-refractivity contribution in [2.45, 2.75) is 25.8 Å². The number of nitrogens with zero attached hydrogens (tertiary/aromatic N) is 3. The molecule has 0 atom stereocenters. The lowest BCUT2D eigenvalue weighted by atomic mass is 10.0. The standard InChI is InChI=1S/C31H37FN6O2/c1-31(2,20-40-4)34-28-19-24(38-14-12-37(3)13-15-38)9-10-25(28)30(39)33-29-26-18-22(8-11-27(26)35-36-29)16-21-6-5-7-23(32)17-21/h5-11,17-19,34H,12-16,20H2,1-4H3,(H2,33,35,36,39). The van der Waals surface area contributed by atoms with Crippen LogP contribution in [0.3, 0.4) is 0 Å². The number of methoxy groups -OCH3 is 1. The summed E-state index contributed by atoms with van der Waals surface area (Å²) in [4.78, 5) is 18.3. The highest BCUT2D eigenvalue weighted by Crippen LogP contribution is 2.29. The normalized spacial score (nSPS) is 14.5. The van der Waals surface area contributed by atoms with Crippen molar-refractivity contribution < 1.29 is 13.9 Å². The molecule has 5 rings (SSSR count). The molecule has 2 heterocycles. The van der Waals surface area contributed by atoms with Crippen molar-refractivity contribution in [2.75, 3.05) is 62.5 Å². The van der Waals surface area contributed by atoms with Crippen molar-refractivity contribution in [2.24, 2.45) is 0 Å². The minimum atomic E-state index is -0.393. The van der Waals surface area contributed by atoms with Crippen LogP contribution in [0.2, 0.25) is 0 Å². The zero-order chi connectivity index (χ0) is 28.3. The van der Waals surface area contributed by atoms with Gasteiger partial charge in [0.25, 0.3) is 5.91 Å². The van der Waals surface area contributed by atoms with Gasteiger partial charge >= 0.3 is 0 Å². The lowest BCUT2D eigenvalue weighted by molar-refractivity contribution is 0.102. The summed E-state index contributed by atoms with van der Waals surface area (Å²) < 4.78 is 19.1. The first-order valence-corrected chi connectivity index (χ1v) is 13.6. The lowest BCUT2D eigenvalue weighted by Gasteiger charge is -2.35. The number of hydrogen-bond donors (Lipinski definition) is 3. The van der Waals surface area contributed by atoms with Crippen molar-refractivity contribution in [1.82, 2.24) is 15.1 Å². The second-order valence-electron chi connectivity index (χ2n) is 11.2. The summed E-state index contributed by atoms with van der Waals surface area (Å²) in [5, 5.41) is 14.7. The number of aromatic nitrogens is 2. The van der Waals surface area contributed by atoms with Crippen LogP contribution in [0.25, 0.3) is 10.9 Å². The van der Waals surface area contributed by atoms with Gasteiger partial charge in [-0.05, 0) is 80.9 Å². The molecule has 0 saturated carbocycles. The SMILES string of the molecule is COCC(C)(C)Nc1cc(N2CCN(C)CC2)ccc1C(=O)Nc1n[nH]c2ccc(Cc3cccc(F)c3)cc12. The summed E-state index contributed by atoms with van der Waals surface area (Å²) in [5.41, 5.74) is 4.63. The Kier molecular flexibility index (Phi) is 8.04. The van der Waals surface area contributed by atoms with Crippen LogP contribution in [0.1, 0.15) is 35.3 Å². The Morgan fingerprint density at radius 1 is 1.05 bits per heavy atom. The average molecular weight is 545 g/mol. The summed E-state index contributed by atoms with van der Waals surface area (Å²) in [6.45, 7) is 8.41. The fourth-order valence-corrected chi connectivity index (χ4v) is 5.18. The molecule has 40 heavy (non-hydrogen) atoms. The third-order valence-corrected chi connectivity index (χ3v) is 7.25. The monoisotopic (exact) mass is 544 g/mol. The maximum Gasteiger partial charge on any atom is 0.258 e. The molecule has 1 aromatic heterocycles. The van der Waals surface area contributed by atoms with E-state index in [1.165, 1.54) is 12.1 Å². The minimum absolute atomic E-state index is 0.258. The first-order valence-electron chi connectivity index (χ1n) is 13.6. The summed E-state index contributed by atoms with van der Waals surface area (Å²) in [6.07, 6.45) is 0.572. The molecule has 3 N–H and O–H groups in total. The van der Waals surface area contributed by atoms with Gasteiger partial charge in [-0.2, -0.15) is 5.10 Å². The second kappa shape index (κ2) is 11.7. The molecule has 1 amide bonds. The molecule has 0 spiro atoms. The van der Waals surface area contributed by atoms with Crippen LogP contribution in [-0.4, -0.2) is 73.5 Å². The van der Waals surface area contributed by atoms with E-state index in [1.54, 1.807) is 13.2 Å². The van der Waals surface area contributed by atoms with Gasteiger partial charge in [-0.25, -0.2) is 4.39 Å². The number of amides is 1. The molecule has 4 aromatic rings. The molecule has 1 aliphatic heterocycles. The van der Waals surface area contributed by atoms with Crippen LogP contribution in [0, 0.1) is 5.82 Å². The minimum Gasteiger partial charge on any atom is -0.382 e. The number of H-pyrrole nitrogens is 1. The number of halogens is 1. The highest BCUT2D eigenvalue weighted by atomic mass is 19.1. The largest absolute Gasteiger partial charge is 0.382 e. The number of fused-ring (bicyclic) bond motifs is 1. The van der Waals surface area contributed by atoms with E-state index in [2.05, 4.69) is 43.7 Å². The number of aromatic amines is 1. The first-order chi connectivity index (χ1) is 19.2. The van der Waals surface area contributed by atoms with Crippen LogP contribution in [-0.2, 0) is 11.2 Å². The maximum absolute atomic E-state index is 13.7. The molecule has 210 valence electrons. The van der Waals surface area contributed by atoms with Crippen LogP contribution >= 0.6 is 0 Å². The first kappa shape index (κ1) is 27.6. The van der Waals surface area contributed by atoms with E-state index in [0.717, 1.165) is 59.6 Å². The van der Waals surface area contributed by atoms with Crippen molar-refractivity contribution in [3.05, 3.63) is 83.2 Å². The van der Waals surface area contributed by atoms with Gasteiger partial charge in [-0.3, -0.25) is 9.89 Å². The number of nitrogens with one attached hydrogen (secondary N) is 3.